The van der Waals surface area contributed by atoms with Crippen LogP contribution >= 0.6 is 0 Å². The Bertz CT molecular complexity index is 554. The van der Waals surface area contributed by atoms with E-state index in [1.165, 1.54) is 0 Å². The first-order valence-electron chi connectivity index (χ1n) is 8.00. The van der Waals surface area contributed by atoms with Crippen LogP contribution in [-0.2, 0) is 4.79 Å². The van der Waals surface area contributed by atoms with Gasteiger partial charge in [0.25, 0.3) is 0 Å². The molecule has 1 atom stereocenters. The fourth-order valence-corrected chi connectivity index (χ4v) is 2.76. The predicted octanol–water partition coefficient (Wildman–Crippen LogP) is 1.59. The van der Waals surface area contributed by atoms with E-state index in [-0.39, 0.29) is 17.9 Å². The zero-order valence-corrected chi connectivity index (χ0v) is 13.8. The number of carbonyl (C=O) groups is 2. The van der Waals surface area contributed by atoms with Gasteiger partial charge in [0.15, 0.2) is 0 Å². The van der Waals surface area contributed by atoms with E-state index in [0.717, 1.165) is 23.3 Å². The molecule has 1 aromatic carbocycles. The summed E-state index contributed by atoms with van der Waals surface area (Å²) in [6.45, 7) is 6.13. The first-order valence-corrected chi connectivity index (χ1v) is 8.00. The number of para-hydroxylation sites is 1. The molecular weight excluding hydrogens is 294 g/mol. The van der Waals surface area contributed by atoms with E-state index in [1.54, 1.807) is 4.90 Å². The smallest absolute Gasteiger partial charge is 0.317 e. The number of hydrogen-bond acceptors (Lipinski definition) is 3. The van der Waals surface area contributed by atoms with Crippen LogP contribution in [0.15, 0.2) is 18.2 Å². The molecule has 3 N–H and O–H groups in total. The average molecular weight is 319 g/mol. The molecular formula is C17H25N3O3. The number of aryl methyl sites for hydroxylation is 2. The van der Waals surface area contributed by atoms with Gasteiger partial charge >= 0.3 is 6.03 Å². The van der Waals surface area contributed by atoms with Gasteiger partial charge in [-0.15, -0.1) is 0 Å². The standard InChI is InChI=1S/C17H25N3O3/c1-12-5-3-6-13(2)15(12)23-10-4-8-19-17(22)20-9-7-14(11-20)16(18)21/h3,5-6,14H,4,7-11H2,1-2H3,(H2,18,21)(H,19,22)/t14-/m1/s1. The Kier molecular flexibility index (Phi) is 5.84. The van der Waals surface area contributed by atoms with E-state index in [9.17, 15) is 9.59 Å². The lowest BCUT2D eigenvalue weighted by Crippen LogP contribution is -2.40. The summed E-state index contributed by atoms with van der Waals surface area (Å²) in [7, 11) is 0. The Morgan fingerprint density at radius 2 is 2.04 bits per heavy atom. The van der Waals surface area contributed by atoms with Crippen molar-refractivity contribution in [2.24, 2.45) is 11.7 Å². The normalized spacial score (nSPS) is 17.1. The molecule has 0 bridgehead atoms. The van der Waals surface area contributed by atoms with Gasteiger partial charge in [0.05, 0.1) is 12.5 Å². The minimum Gasteiger partial charge on any atom is -0.493 e. The third kappa shape index (κ3) is 4.61. The number of urea groups is 1. The van der Waals surface area contributed by atoms with Crippen LogP contribution in [0.3, 0.4) is 0 Å². The van der Waals surface area contributed by atoms with Crippen LogP contribution in [0.25, 0.3) is 0 Å². The Morgan fingerprint density at radius 3 is 2.65 bits per heavy atom. The van der Waals surface area contributed by atoms with Gasteiger partial charge < -0.3 is 20.7 Å². The number of rotatable bonds is 6. The molecule has 1 heterocycles. The molecule has 3 amide bonds. The van der Waals surface area contributed by atoms with E-state index in [2.05, 4.69) is 5.32 Å². The highest BCUT2D eigenvalue weighted by Gasteiger charge is 2.29. The van der Waals surface area contributed by atoms with Crippen LogP contribution in [0, 0.1) is 19.8 Å². The fraction of sp³-hybridized carbons (Fsp3) is 0.529. The number of hydrogen-bond donors (Lipinski definition) is 2. The van der Waals surface area contributed by atoms with Crippen molar-refractivity contribution in [3.8, 4) is 5.75 Å². The monoisotopic (exact) mass is 319 g/mol. The van der Waals surface area contributed by atoms with Gasteiger partial charge in [0.2, 0.25) is 5.91 Å². The zero-order chi connectivity index (χ0) is 16.8. The second kappa shape index (κ2) is 7.85. The highest BCUT2D eigenvalue weighted by atomic mass is 16.5. The van der Waals surface area contributed by atoms with Gasteiger partial charge in [-0.05, 0) is 37.8 Å². The average Bonchev–Trinajstić information content (AvgIpc) is 2.99. The Hall–Kier alpha value is -2.24. The summed E-state index contributed by atoms with van der Waals surface area (Å²) in [5, 5.41) is 2.85. The highest BCUT2D eigenvalue weighted by Crippen LogP contribution is 2.22. The number of nitrogens with one attached hydrogen (secondary N) is 1. The molecule has 0 radical (unpaired) electrons. The van der Waals surface area contributed by atoms with Crippen LogP contribution in [0.4, 0.5) is 4.79 Å². The van der Waals surface area contributed by atoms with Crippen molar-refractivity contribution < 1.29 is 14.3 Å². The molecule has 0 aromatic heterocycles. The van der Waals surface area contributed by atoms with Crippen molar-refractivity contribution in [2.75, 3.05) is 26.2 Å². The van der Waals surface area contributed by atoms with Crippen molar-refractivity contribution in [1.29, 1.82) is 0 Å². The summed E-state index contributed by atoms with van der Waals surface area (Å²) in [6.07, 6.45) is 1.38. The van der Waals surface area contributed by atoms with Gasteiger partial charge in [-0.25, -0.2) is 4.79 Å². The number of primary amides is 1. The number of amides is 3. The Labute approximate surface area is 137 Å². The maximum absolute atomic E-state index is 12.0. The topological polar surface area (TPSA) is 84.7 Å². The van der Waals surface area contributed by atoms with Crippen molar-refractivity contribution in [2.45, 2.75) is 26.7 Å². The van der Waals surface area contributed by atoms with E-state index < -0.39 is 0 Å². The van der Waals surface area contributed by atoms with Crippen LogP contribution in [-0.4, -0.2) is 43.1 Å². The second-order valence-corrected chi connectivity index (χ2v) is 5.99. The minimum absolute atomic E-state index is 0.138. The molecule has 126 valence electrons. The molecule has 0 unspecified atom stereocenters. The highest BCUT2D eigenvalue weighted by molar-refractivity contribution is 5.80. The molecule has 6 heteroatoms. The third-order valence-corrected chi connectivity index (χ3v) is 4.13. The first-order chi connectivity index (χ1) is 11.0. The van der Waals surface area contributed by atoms with Crippen LogP contribution in [0.2, 0.25) is 0 Å². The molecule has 1 aliphatic rings. The molecule has 1 aliphatic heterocycles. The van der Waals surface area contributed by atoms with Crippen LogP contribution < -0.4 is 15.8 Å². The number of benzene rings is 1. The van der Waals surface area contributed by atoms with Crippen molar-refractivity contribution in [1.82, 2.24) is 10.2 Å². The molecule has 23 heavy (non-hydrogen) atoms. The molecule has 1 fully saturated rings. The summed E-state index contributed by atoms with van der Waals surface area (Å²) in [6, 6.07) is 5.91. The molecule has 1 saturated heterocycles. The van der Waals surface area contributed by atoms with Crippen LogP contribution in [0.5, 0.6) is 5.75 Å². The summed E-state index contributed by atoms with van der Waals surface area (Å²) in [4.78, 5) is 24.7. The lowest BCUT2D eigenvalue weighted by Gasteiger charge is -2.17. The fourth-order valence-electron chi connectivity index (χ4n) is 2.76. The van der Waals surface area contributed by atoms with E-state index in [0.29, 0.717) is 32.7 Å². The SMILES string of the molecule is Cc1cccc(C)c1OCCCNC(=O)N1CC[C@@H](C(N)=O)C1. The third-order valence-electron chi connectivity index (χ3n) is 4.13. The first kappa shape index (κ1) is 17.1. The maximum atomic E-state index is 12.0. The summed E-state index contributed by atoms with van der Waals surface area (Å²) >= 11 is 0. The number of nitrogens with zero attached hydrogens (tertiary/aromatic N) is 1. The van der Waals surface area contributed by atoms with Crippen molar-refractivity contribution in [3.05, 3.63) is 29.3 Å². The van der Waals surface area contributed by atoms with E-state index >= 15 is 0 Å². The number of likely N-dealkylation sites (tertiary alicyclic amines) is 1. The summed E-state index contributed by atoms with van der Waals surface area (Å²) < 4.78 is 5.80. The van der Waals surface area contributed by atoms with Gasteiger partial charge in [-0.1, -0.05) is 18.2 Å². The lowest BCUT2D eigenvalue weighted by atomic mass is 10.1. The maximum Gasteiger partial charge on any atom is 0.317 e. The Balaban J connectivity index is 1.66. The minimum atomic E-state index is -0.331. The van der Waals surface area contributed by atoms with E-state index in [1.807, 2.05) is 32.0 Å². The van der Waals surface area contributed by atoms with Gasteiger partial charge in [-0.2, -0.15) is 0 Å². The van der Waals surface area contributed by atoms with E-state index in [4.69, 9.17) is 10.5 Å². The zero-order valence-electron chi connectivity index (χ0n) is 13.8. The number of nitrogens with two attached hydrogens (primary N) is 1. The predicted molar refractivity (Wildman–Crippen MR) is 88.3 cm³/mol. The molecule has 6 nitrogen and oxygen atoms in total. The van der Waals surface area contributed by atoms with Gasteiger partial charge in [0, 0.05) is 19.6 Å². The quantitative estimate of drug-likeness (QED) is 0.781. The second-order valence-electron chi connectivity index (χ2n) is 5.99. The molecule has 2 rings (SSSR count). The van der Waals surface area contributed by atoms with Crippen molar-refractivity contribution >= 4 is 11.9 Å². The largest absolute Gasteiger partial charge is 0.493 e. The van der Waals surface area contributed by atoms with Crippen molar-refractivity contribution in [3.63, 3.8) is 0 Å². The van der Waals surface area contributed by atoms with Crippen LogP contribution in [0.1, 0.15) is 24.0 Å². The molecule has 0 saturated carbocycles. The van der Waals surface area contributed by atoms with Gasteiger partial charge in [0.1, 0.15) is 5.75 Å². The van der Waals surface area contributed by atoms with Gasteiger partial charge in [-0.3, -0.25) is 4.79 Å². The summed E-state index contributed by atoms with van der Waals surface area (Å²) in [5.41, 5.74) is 7.49. The molecule has 0 spiro atoms. The summed E-state index contributed by atoms with van der Waals surface area (Å²) in [5.74, 6) is 0.373. The number of ether oxygens (including phenoxy) is 1. The molecule has 0 aliphatic carbocycles. The lowest BCUT2D eigenvalue weighted by molar-refractivity contribution is -0.121. The Morgan fingerprint density at radius 1 is 1.35 bits per heavy atom. The molecule has 1 aromatic rings. The number of carbonyl (C=O) groups excluding carboxylic acids is 2.